The number of rotatable bonds is 6. The summed E-state index contributed by atoms with van der Waals surface area (Å²) in [4.78, 5) is 23.3. The molecule has 7 nitrogen and oxygen atoms in total. The van der Waals surface area contributed by atoms with Gasteiger partial charge in [0.1, 0.15) is 11.4 Å². The molecular weight excluding hydrogens is 346 g/mol. The third kappa shape index (κ3) is 4.72. The van der Waals surface area contributed by atoms with Gasteiger partial charge in [-0.2, -0.15) is 0 Å². The van der Waals surface area contributed by atoms with E-state index in [0.717, 1.165) is 11.3 Å². The minimum Gasteiger partial charge on any atom is -0.497 e. The SMILES string of the molecule is COc1cccc(-c2cc(CNC(=O)c3ccc(NC(C)=O)cc3)no2)c1. The zero-order valence-electron chi connectivity index (χ0n) is 15.0. The van der Waals surface area contributed by atoms with Gasteiger partial charge in [0.2, 0.25) is 5.91 Å². The van der Waals surface area contributed by atoms with Crippen LogP contribution in [0.5, 0.6) is 5.75 Å². The summed E-state index contributed by atoms with van der Waals surface area (Å²) in [5.74, 6) is 0.916. The average Bonchev–Trinajstić information content (AvgIpc) is 3.15. The summed E-state index contributed by atoms with van der Waals surface area (Å²) >= 11 is 0. The van der Waals surface area contributed by atoms with Crippen LogP contribution in [0.1, 0.15) is 23.0 Å². The van der Waals surface area contributed by atoms with Crippen LogP contribution in [0.4, 0.5) is 5.69 Å². The van der Waals surface area contributed by atoms with Gasteiger partial charge in [0.05, 0.1) is 13.7 Å². The molecule has 0 aliphatic heterocycles. The van der Waals surface area contributed by atoms with Crippen LogP contribution in [0.25, 0.3) is 11.3 Å². The van der Waals surface area contributed by atoms with Crippen molar-refractivity contribution in [3.63, 3.8) is 0 Å². The lowest BCUT2D eigenvalue weighted by molar-refractivity contribution is -0.114. The molecule has 3 rings (SSSR count). The van der Waals surface area contributed by atoms with Crippen LogP contribution in [0.15, 0.2) is 59.1 Å². The van der Waals surface area contributed by atoms with E-state index in [1.807, 2.05) is 24.3 Å². The number of nitrogens with one attached hydrogen (secondary N) is 2. The van der Waals surface area contributed by atoms with E-state index < -0.39 is 0 Å². The van der Waals surface area contributed by atoms with Gasteiger partial charge in [-0.25, -0.2) is 0 Å². The van der Waals surface area contributed by atoms with Gasteiger partial charge in [-0.1, -0.05) is 17.3 Å². The number of anilines is 1. The van der Waals surface area contributed by atoms with Crippen LogP contribution in [-0.2, 0) is 11.3 Å². The summed E-state index contributed by atoms with van der Waals surface area (Å²) in [6.07, 6.45) is 0. The maximum atomic E-state index is 12.2. The van der Waals surface area contributed by atoms with E-state index in [4.69, 9.17) is 9.26 Å². The highest BCUT2D eigenvalue weighted by Gasteiger charge is 2.10. The lowest BCUT2D eigenvalue weighted by atomic mass is 10.1. The summed E-state index contributed by atoms with van der Waals surface area (Å²) in [6.45, 7) is 1.66. The van der Waals surface area contributed by atoms with Gasteiger partial charge in [0.15, 0.2) is 5.76 Å². The van der Waals surface area contributed by atoms with Crippen molar-refractivity contribution >= 4 is 17.5 Å². The molecule has 0 aliphatic carbocycles. The van der Waals surface area contributed by atoms with Gasteiger partial charge in [-0.15, -0.1) is 0 Å². The number of aromatic nitrogens is 1. The Morgan fingerprint density at radius 2 is 1.89 bits per heavy atom. The van der Waals surface area contributed by atoms with Gasteiger partial charge < -0.3 is 19.9 Å². The molecule has 1 heterocycles. The van der Waals surface area contributed by atoms with Gasteiger partial charge in [0, 0.05) is 29.8 Å². The van der Waals surface area contributed by atoms with Gasteiger partial charge in [0.25, 0.3) is 5.91 Å². The third-order valence-corrected chi connectivity index (χ3v) is 3.81. The van der Waals surface area contributed by atoms with Crippen LogP contribution in [0.3, 0.4) is 0 Å². The minimum absolute atomic E-state index is 0.162. The van der Waals surface area contributed by atoms with E-state index >= 15 is 0 Å². The number of hydrogen-bond donors (Lipinski definition) is 2. The average molecular weight is 365 g/mol. The third-order valence-electron chi connectivity index (χ3n) is 3.81. The van der Waals surface area contributed by atoms with Crippen molar-refractivity contribution in [2.75, 3.05) is 12.4 Å². The molecule has 0 saturated heterocycles. The quantitative estimate of drug-likeness (QED) is 0.699. The molecule has 0 saturated carbocycles. The molecule has 0 spiro atoms. The second kappa shape index (κ2) is 8.18. The Morgan fingerprint density at radius 3 is 2.59 bits per heavy atom. The molecule has 1 aromatic heterocycles. The monoisotopic (exact) mass is 365 g/mol. The molecule has 0 fully saturated rings. The predicted molar refractivity (Wildman–Crippen MR) is 100 cm³/mol. The van der Waals surface area contributed by atoms with Crippen molar-refractivity contribution in [1.29, 1.82) is 0 Å². The number of benzene rings is 2. The smallest absolute Gasteiger partial charge is 0.251 e. The summed E-state index contributed by atoms with van der Waals surface area (Å²) in [5.41, 5.74) is 2.57. The Hall–Kier alpha value is -3.61. The van der Waals surface area contributed by atoms with Crippen molar-refractivity contribution in [2.24, 2.45) is 0 Å². The lowest BCUT2D eigenvalue weighted by Crippen LogP contribution is -2.22. The molecule has 0 bridgehead atoms. The van der Waals surface area contributed by atoms with E-state index in [0.29, 0.717) is 22.7 Å². The fourth-order valence-electron chi connectivity index (χ4n) is 2.49. The first kappa shape index (κ1) is 18.2. The van der Waals surface area contributed by atoms with Crippen LogP contribution in [-0.4, -0.2) is 24.1 Å². The van der Waals surface area contributed by atoms with Gasteiger partial charge in [-0.3, -0.25) is 9.59 Å². The first-order chi connectivity index (χ1) is 13.0. The highest BCUT2D eigenvalue weighted by atomic mass is 16.5. The Kier molecular flexibility index (Phi) is 5.51. The molecule has 2 amide bonds. The van der Waals surface area contributed by atoms with Crippen LogP contribution < -0.4 is 15.4 Å². The number of hydrogen-bond acceptors (Lipinski definition) is 5. The standard InChI is InChI=1S/C20H19N3O4/c1-13(24)22-16-8-6-14(7-9-16)20(25)21-12-17-11-19(27-23-17)15-4-3-5-18(10-15)26-2/h3-11H,12H2,1-2H3,(H,21,25)(H,22,24). The summed E-state index contributed by atoms with van der Waals surface area (Å²) < 4.78 is 10.5. The van der Waals surface area contributed by atoms with E-state index in [1.165, 1.54) is 6.92 Å². The van der Waals surface area contributed by atoms with Crippen LogP contribution in [0.2, 0.25) is 0 Å². The Bertz CT molecular complexity index is 948. The van der Waals surface area contributed by atoms with Crippen LogP contribution in [0, 0.1) is 0 Å². The van der Waals surface area contributed by atoms with E-state index in [9.17, 15) is 9.59 Å². The normalized spacial score (nSPS) is 10.3. The molecule has 7 heteroatoms. The number of carbonyl (C=O) groups is 2. The second-order valence-corrected chi connectivity index (χ2v) is 5.86. The largest absolute Gasteiger partial charge is 0.497 e. The van der Waals surface area contributed by atoms with Crippen molar-refractivity contribution in [3.05, 3.63) is 65.9 Å². The van der Waals surface area contributed by atoms with Gasteiger partial charge in [-0.05, 0) is 36.4 Å². The zero-order chi connectivity index (χ0) is 19.2. The highest BCUT2D eigenvalue weighted by Crippen LogP contribution is 2.24. The topological polar surface area (TPSA) is 93.5 Å². The van der Waals surface area contributed by atoms with Crippen molar-refractivity contribution < 1.29 is 18.8 Å². The molecule has 138 valence electrons. The first-order valence-electron chi connectivity index (χ1n) is 8.31. The van der Waals surface area contributed by atoms with Gasteiger partial charge >= 0.3 is 0 Å². The molecule has 2 aromatic carbocycles. The number of ether oxygens (including phenoxy) is 1. The molecule has 3 aromatic rings. The summed E-state index contributed by atoms with van der Waals surface area (Å²) in [7, 11) is 1.60. The fraction of sp³-hybridized carbons (Fsp3) is 0.150. The van der Waals surface area contributed by atoms with Crippen molar-refractivity contribution in [2.45, 2.75) is 13.5 Å². The first-order valence-corrected chi connectivity index (χ1v) is 8.31. The van der Waals surface area contributed by atoms with Crippen molar-refractivity contribution in [1.82, 2.24) is 10.5 Å². The van der Waals surface area contributed by atoms with Crippen molar-refractivity contribution in [3.8, 4) is 17.1 Å². The Balaban J connectivity index is 1.61. The molecule has 0 aliphatic rings. The number of carbonyl (C=O) groups excluding carboxylic acids is 2. The minimum atomic E-state index is -0.240. The fourth-order valence-corrected chi connectivity index (χ4v) is 2.49. The maximum absolute atomic E-state index is 12.2. The number of nitrogens with zero attached hydrogens (tertiary/aromatic N) is 1. The lowest BCUT2D eigenvalue weighted by Gasteiger charge is -2.05. The molecule has 2 N–H and O–H groups in total. The Labute approximate surface area is 156 Å². The van der Waals surface area contributed by atoms with E-state index in [1.54, 1.807) is 37.4 Å². The summed E-state index contributed by atoms with van der Waals surface area (Å²) in [6, 6.07) is 15.9. The molecule has 27 heavy (non-hydrogen) atoms. The highest BCUT2D eigenvalue weighted by molar-refractivity contribution is 5.95. The summed E-state index contributed by atoms with van der Waals surface area (Å²) in [5, 5.41) is 9.43. The molecule has 0 unspecified atom stereocenters. The number of amides is 2. The second-order valence-electron chi connectivity index (χ2n) is 5.86. The predicted octanol–water partition coefficient (Wildman–Crippen LogP) is 3.24. The number of methoxy groups -OCH3 is 1. The molecule has 0 atom stereocenters. The molecule has 0 radical (unpaired) electrons. The van der Waals surface area contributed by atoms with E-state index in [-0.39, 0.29) is 18.4 Å². The zero-order valence-corrected chi connectivity index (χ0v) is 15.0. The maximum Gasteiger partial charge on any atom is 0.251 e. The van der Waals surface area contributed by atoms with E-state index in [2.05, 4.69) is 15.8 Å². The molecular formula is C20H19N3O4. The van der Waals surface area contributed by atoms with Crippen LogP contribution >= 0.6 is 0 Å². The Morgan fingerprint density at radius 1 is 1.11 bits per heavy atom.